The first-order valence-corrected chi connectivity index (χ1v) is 6.88. The summed E-state index contributed by atoms with van der Waals surface area (Å²) >= 11 is 0. The number of likely N-dealkylation sites (tertiary alicyclic amines) is 1. The smallest absolute Gasteiger partial charge is 0.251 e. The molecule has 0 aromatic carbocycles. The zero-order valence-corrected chi connectivity index (χ0v) is 11.4. The molecule has 104 valence electrons. The quantitative estimate of drug-likeness (QED) is 0.815. The van der Waals surface area contributed by atoms with Gasteiger partial charge >= 0.3 is 0 Å². The number of nitrogens with two attached hydrogens (primary N) is 1. The normalized spacial score (nSPS) is 19.6. The van der Waals surface area contributed by atoms with E-state index in [1.807, 2.05) is 0 Å². The van der Waals surface area contributed by atoms with Gasteiger partial charge in [0.1, 0.15) is 0 Å². The zero-order valence-electron chi connectivity index (χ0n) is 11.4. The third-order valence-electron chi connectivity index (χ3n) is 3.66. The van der Waals surface area contributed by atoms with E-state index in [2.05, 4.69) is 22.1 Å². The first-order valence-electron chi connectivity index (χ1n) is 6.88. The van der Waals surface area contributed by atoms with Crippen LogP contribution >= 0.6 is 0 Å². The van der Waals surface area contributed by atoms with Gasteiger partial charge in [-0.05, 0) is 37.6 Å². The lowest BCUT2D eigenvalue weighted by Gasteiger charge is -2.13. The highest BCUT2D eigenvalue weighted by atomic mass is 16.1. The molecule has 1 atom stereocenters. The van der Waals surface area contributed by atoms with Crippen LogP contribution in [-0.2, 0) is 6.54 Å². The van der Waals surface area contributed by atoms with Gasteiger partial charge in [-0.2, -0.15) is 0 Å². The molecule has 0 spiro atoms. The Morgan fingerprint density at radius 3 is 3.16 bits per heavy atom. The number of nitrogens with zero attached hydrogens (tertiary/aromatic N) is 2. The third-order valence-corrected chi connectivity index (χ3v) is 3.66. The van der Waals surface area contributed by atoms with Crippen molar-refractivity contribution in [1.82, 2.24) is 15.2 Å². The second kappa shape index (κ2) is 6.63. The molecule has 1 fully saturated rings. The molecule has 5 nitrogen and oxygen atoms in total. The molecule has 1 aliphatic rings. The topological polar surface area (TPSA) is 71.2 Å². The second-order valence-electron chi connectivity index (χ2n) is 5.00. The van der Waals surface area contributed by atoms with Crippen LogP contribution in [0.4, 0.5) is 0 Å². The maximum atomic E-state index is 12.0. The van der Waals surface area contributed by atoms with Crippen LogP contribution in [0.1, 0.15) is 29.4 Å². The van der Waals surface area contributed by atoms with Crippen LogP contribution in [-0.4, -0.2) is 42.0 Å². The van der Waals surface area contributed by atoms with Gasteiger partial charge < -0.3 is 16.0 Å². The van der Waals surface area contributed by atoms with Crippen LogP contribution in [0.2, 0.25) is 0 Å². The number of rotatable bonds is 5. The first-order chi connectivity index (χ1) is 9.22. The van der Waals surface area contributed by atoms with E-state index >= 15 is 0 Å². The van der Waals surface area contributed by atoms with Gasteiger partial charge in [0.2, 0.25) is 0 Å². The lowest BCUT2D eigenvalue weighted by atomic mass is 10.1. The highest BCUT2D eigenvalue weighted by molar-refractivity contribution is 5.94. The van der Waals surface area contributed by atoms with Crippen molar-refractivity contribution in [2.75, 3.05) is 26.2 Å². The SMILES string of the molecule is CCN1CCC(CNC(=O)c2ccnc(CN)c2)C1. The fourth-order valence-electron chi connectivity index (χ4n) is 2.44. The molecule has 0 radical (unpaired) electrons. The molecule has 3 N–H and O–H groups in total. The van der Waals surface area contributed by atoms with E-state index in [9.17, 15) is 4.79 Å². The molecule has 19 heavy (non-hydrogen) atoms. The minimum absolute atomic E-state index is 0.0351. The maximum Gasteiger partial charge on any atom is 0.251 e. The summed E-state index contributed by atoms with van der Waals surface area (Å²) in [4.78, 5) is 18.5. The van der Waals surface area contributed by atoms with Crippen LogP contribution in [0.3, 0.4) is 0 Å². The van der Waals surface area contributed by atoms with Crippen molar-refractivity contribution in [3.8, 4) is 0 Å². The Labute approximate surface area is 114 Å². The summed E-state index contributed by atoms with van der Waals surface area (Å²) in [5.74, 6) is 0.534. The van der Waals surface area contributed by atoms with Gasteiger partial charge in [0.15, 0.2) is 0 Å². The highest BCUT2D eigenvalue weighted by Crippen LogP contribution is 2.14. The largest absolute Gasteiger partial charge is 0.352 e. The molecular formula is C14H22N4O. The van der Waals surface area contributed by atoms with E-state index in [4.69, 9.17) is 5.73 Å². The van der Waals surface area contributed by atoms with Crippen molar-refractivity contribution in [2.45, 2.75) is 19.9 Å². The first kappa shape index (κ1) is 14.0. The average molecular weight is 262 g/mol. The average Bonchev–Trinajstić information content (AvgIpc) is 2.93. The Morgan fingerprint density at radius 1 is 1.63 bits per heavy atom. The van der Waals surface area contributed by atoms with Crippen molar-refractivity contribution in [1.29, 1.82) is 0 Å². The summed E-state index contributed by atoms with van der Waals surface area (Å²) in [6.07, 6.45) is 2.80. The van der Waals surface area contributed by atoms with Gasteiger partial charge in [-0.25, -0.2) is 0 Å². The minimum atomic E-state index is -0.0351. The van der Waals surface area contributed by atoms with Gasteiger partial charge in [0, 0.05) is 31.4 Å². The summed E-state index contributed by atoms with van der Waals surface area (Å²) in [7, 11) is 0. The summed E-state index contributed by atoms with van der Waals surface area (Å²) in [5, 5.41) is 3.00. The minimum Gasteiger partial charge on any atom is -0.352 e. The Kier molecular flexibility index (Phi) is 4.87. The number of pyridine rings is 1. The molecule has 1 aliphatic heterocycles. The third kappa shape index (κ3) is 3.75. The van der Waals surface area contributed by atoms with Crippen LogP contribution in [0.25, 0.3) is 0 Å². The Morgan fingerprint density at radius 2 is 2.47 bits per heavy atom. The fraction of sp³-hybridized carbons (Fsp3) is 0.571. The molecule has 5 heteroatoms. The van der Waals surface area contributed by atoms with Gasteiger partial charge in [-0.3, -0.25) is 9.78 Å². The standard InChI is InChI=1S/C14H22N4O/c1-2-18-6-4-11(10-18)9-17-14(19)12-3-5-16-13(7-12)8-15/h3,5,7,11H,2,4,6,8-10,15H2,1H3,(H,17,19). The molecule has 1 saturated heterocycles. The Hall–Kier alpha value is -1.46. The monoisotopic (exact) mass is 262 g/mol. The molecule has 0 aliphatic carbocycles. The number of carbonyl (C=O) groups excluding carboxylic acids is 1. The van der Waals surface area contributed by atoms with Gasteiger partial charge in [0.05, 0.1) is 5.69 Å². The molecule has 0 bridgehead atoms. The number of carbonyl (C=O) groups is 1. The zero-order chi connectivity index (χ0) is 13.7. The second-order valence-corrected chi connectivity index (χ2v) is 5.00. The van der Waals surface area contributed by atoms with Crippen molar-refractivity contribution in [3.63, 3.8) is 0 Å². The molecule has 1 aromatic rings. The molecule has 1 aromatic heterocycles. The van der Waals surface area contributed by atoms with Crippen LogP contribution in [0.5, 0.6) is 0 Å². The molecular weight excluding hydrogens is 240 g/mol. The highest BCUT2D eigenvalue weighted by Gasteiger charge is 2.21. The number of hydrogen-bond acceptors (Lipinski definition) is 4. The number of hydrogen-bond donors (Lipinski definition) is 2. The maximum absolute atomic E-state index is 12.0. The van der Waals surface area contributed by atoms with E-state index in [1.165, 1.54) is 6.42 Å². The van der Waals surface area contributed by atoms with Crippen LogP contribution in [0.15, 0.2) is 18.3 Å². The summed E-state index contributed by atoms with van der Waals surface area (Å²) in [6.45, 7) is 6.59. The van der Waals surface area contributed by atoms with E-state index in [0.717, 1.165) is 31.9 Å². The number of amides is 1. The van der Waals surface area contributed by atoms with Crippen molar-refractivity contribution < 1.29 is 4.79 Å². The molecule has 1 amide bonds. The number of aromatic nitrogens is 1. The predicted molar refractivity (Wildman–Crippen MR) is 74.7 cm³/mol. The van der Waals surface area contributed by atoms with E-state index in [-0.39, 0.29) is 5.91 Å². The van der Waals surface area contributed by atoms with Gasteiger partial charge in [-0.1, -0.05) is 6.92 Å². The van der Waals surface area contributed by atoms with Crippen molar-refractivity contribution in [2.24, 2.45) is 11.7 Å². The van der Waals surface area contributed by atoms with E-state index in [1.54, 1.807) is 18.3 Å². The Balaban J connectivity index is 1.84. The van der Waals surface area contributed by atoms with Gasteiger partial charge in [0.25, 0.3) is 5.91 Å². The summed E-state index contributed by atoms with van der Waals surface area (Å²) < 4.78 is 0. The van der Waals surface area contributed by atoms with E-state index < -0.39 is 0 Å². The summed E-state index contributed by atoms with van der Waals surface area (Å²) in [6, 6.07) is 3.48. The predicted octanol–water partition coefficient (Wildman–Crippen LogP) is 0.612. The number of nitrogens with one attached hydrogen (secondary N) is 1. The Bertz CT molecular complexity index is 435. The van der Waals surface area contributed by atoms with Crippen molar-refractivity contribution >= 4 is 5.91 Å². The van der Waals surface area contributed by atoms with Gasteiger partial charge in [-0.15, -0.1) is 0 Å². The van der Waals surface area contributed by atoms with Crippen LogP contribution in [0, 0.1) is 5.92 Å². The fourth-order valence-corrected chi connectivity index (χ4v) is 2.44. The van der Waals surface area contributed by atoms with Crippen LogP contribution < -0.4 is 11.1 Å². The molecule has 2 rings (SSSR count). The molecule has 0 saturated carbocycles. The van der Waals surface area contributed by atoms with Crippen molar-refractivity contribution in [3.05, 3.63) is 29.6 Å². The molecule has 1 unspecified atom stereocenters. The summed E-state index contributed by atoms with van der Waals surface area (Å²) in [5.41, 5.74) is 6.90. The molecule has 2 heterocycles. The lowest BCUT2D eigenvalue weighted by Crippen LogP contribution is -2.31. The lowest BCUT2D eigenvalue weighted by molar-refractivity contribution is 0.0947. The van der Waals surface area contributed by atoms with E-state index in [0.29, 0.717) is 18.0 Å².